The van der Waals surface area contributed by atoms with E-state index in [1.54, 1.807) is 0 Å². The van der Waals surface area contributed by atoms with Gasteiger partial charge in [-0.3, -0.25) is 0 Å². The van der Waals surface area contributed by atoms with Gasteiger partial charge in [-0.1, -0.05) is 29.5 Å². The first kappa shape index (κ1) is 11.5. The van der Waals surface area contributed by atoms with Crippen LogP contribution in [-0.2, 0) is 12.8 Å². The van der Waals surface area contributed by atoms with Crippen LogP contribution in [0.5, 0.6) is 0 Å². The molecule has 0 atom stereocenters. The van der Waals surface area contributed by atoms with Gasteiger partial charge in [0.1, 0.15) is 5.01 Å². The van der Waals surface area contributed by atoms with Crippen LogP contribution in [0.3, 0.4) is 0 Å². The normalized spacial score (nSPS) is 14.6. The number of aromatic nitrogens is 2. The molecule has 2 heterocycles. The third-order valence-electron chi connectivity index (χ3n) is 3.28. The van der Waals surface area contributed by atoms with Gasteiger partial charge in [0.25, 0.3) is 0 Å². The van der Waals surface area contributed by atoms with Crippen molar-refractivity contribution in [2.75, 3.05) is 23.7 Å². The van der Waals surface area contributed by atoms with Crippen molar-refractivity contribution in [1.29, 1.82) is 0 Å². The summed E-state index contributed by atoms with van der Waals surface area (Å²) in [5.41, 5.74) is 8.43. The molecular weight excluding hydrogens is 244 g/mol. The third-order valence-corrected chi connectivity index (χ3v) is 4.10. The van der Waals surface area contributed by atoms with Gasteiger partial charge < -0.3 is 10.6 Å². The topological polar surface area (TPSA) is 55.0 Å². The Morgan fingerprint density at radius 2 is 2.17 bits per heavy atom. The molecule has 5 heteroatoms. The second-order valence-corrected chi connectivity index (χ2v) is 5.60. The number of hydrogen-bond donors (Lipinski definition) is 1. The van der Waals surface area contributed by atoms with Crippen molar-refractivity contribution in [3.63, 3.8) is 0 Å². The number of nitrogens with zero attached hydrogens (tertiary/aromatic N) is 3. The van der Waals surface area contributed by atoms with E-state index in [1.165, 1.54) is 35.4 Å². The standard InChI is InChI=1S/C13H16N4S/c14-13-16-15-12(18-13)7-9-17-8-3-5-10-4-1-2-6-11(10)17/h1-2,4,6H,3,5,7-9H2,(H2,14,16). The predicted octanol–water partition coefficient (Wildman–Crippen LogP) is 2.12. The van der Waals surface area contributed by atoms with Crippen LogP contribution in [0.1, 0.15) is 17.0 Å². The fraction of sp³-hybridized carbons (Fsp3) is 0.385. The first-order chi connectivity index (χ1) is 8.83. The molecule has 18 heavy (non-hydrogen) atoms. The highest BCUT2D eigenvalue weighted by Gasteiger charge is 2.16. The molecule has 94 valence electrons. The number of benzene rings is 1. The van der Waals surface area contributed by atoms with Crippen molar-refractivity contribution in [2.45, 2.75) is 19.3 Å². The van der Waals surface area contributed by atoms with Crippen molar-refractivity contribution >= 4 is 22.2 Å². The third kappa shape index (κ3) is 2.31. The van der Waals surface area contributed by atoms with Crippen molar-refractivity contribution in [1.82, 2.24) is 10.2 Å². The maximum absolute atomic E-state index is 5.60. The Labute approximate surface area is 110 Å². The maximum Gasteiger partial charge on any atom is 0.203 e. The van der Waals surface area contributed by atoms with E-state index in [0.29, 0.717) is 5.13 Å². The average molecular weight is 260 g/mol. The predicted molar refractivity (Wildman–Crippen MR) is 75.0 cm³/mol. The molecule has 1 aromatic heterocycles. The summed E-state index contributed by atoms with van der Waals surface area (Å²) in [5.74, 6) is 0. The SMILES string of the molecule is Nc1nnc(CCN2CCCc3ccccc32)s1. The molecule has 2 N–H and O–H groups in total. The number of hydrogen-bond acceptors (Lipinski definition) is 5. The van der Waals surface area contributed by atoms with E-state index in [0.717, 1.165) is 24.5 Å². The second-order valence-electron chi connectivity index (χ2n) is 4.50. The molecule has 2 aromatic rings. The van der Waals surface area contributed by atoms with E-state index >= 15 is 0 Å². The number of para-hydroxylation sites is 1. The monoisotopic (exact) mass is 260 g/mol. The van der Waals surface area contributed by atoms with Gasteiger partial charge in [0.15, 0.2) is 0 Å². The lowest BCUT2D eigenvalue weighted by Gasteiger charge is -2.31. The highest BCUT2D eigenvalue weighted by atomic mass is 32.1. The summed E-state index contributed by atoms with van der Waals surface area (Å²) in [6.07, 6.45) is 3.34. The van der Waals surface area contributed by atoms with Crippen LogP contribution in [-0.4, -0.2) is 23.3 Å². The van der Waals surface area contributed by atoms with Gasteiger partial charge in [0.05, 0.1) is 0 Å². The molecule has 0 spiro atoms. The largest absolute Gasteiger partial charge is 0.374 e. The summed E-state index contributed by atoms with van der Waals surface area (Å²) in [7, 11) is 0. The molecule has 1 aromatic carbocycles. The number of nitrogen functional groups attached to an aromatic ring is 1. The van der Waals surface area contributed by atoms with E-state index in [4.69, 9.17) is 5.73 Å². The van der Waals surface area contributed by atoms with Crippen LogP contribution < -0.4 is 10.6 Å². The molecular formula is C13H16N4S. The van der Waals surface area contributed by atoms with E-state index in [-0.39, 0.29) is 0 Å². The smallest absolute Gasteiger partial charge is 0.203 e. The number of aryl methyl sites for hydroxylation is 1. The van der Waals surface area contributed by atoms with Crippen molar-refractivity contribution in [2.24, 2.45) is 0 Å². The Kier molecular flexibility index (Phi) is 3.15. The van der Waals surface area contributed by atoms with E-state index < -0.39 is 0 Å². The summed E-state index contributed by atoms with van der Waals surface area (Å²) < 4.78 is 0. The van der Waals surface area contributed by atoms with Crippen molar-refractivity contribution in [3.8, 4) is 0 Å². The van der Waals surface area contributed by atoms with Gasteiger partial charge in [-0.05, 0) is 24.5 Å². The minimum Gasteiger partial charge on any atom is -0.374 e. The first-order valence-electron chi connectivity index (χ1n) is 6.23. The molecule has 0 aliphatic carbocycles. The minimum absolute atomic E-state index is 0.559. The van der Waals surface area contributed by atoms with Crippen molar-refractivity contribution < 1.29 is 0 Å². The molecule has 0 saturated heterocycles. The Morgan fingerprint density at radius 3 is 3.00 bits per heavy atom. The highest BCUT2D eigenvalue weighted by Crippen LogP contribution is 2.26. The lowest BCUT2D eigenvalue weighted by molar-refractivity contribution is 0.685. The zero-order chi connectivity index (χ0) is 12.4. The van der Waals surface area contributed by atoms with E-state index in [2.05, 4.69) is 39.4 Å². The quantitative estimate of drug-likeness (QED) is 0.918. The molecule has 1 aliphatic rings. The molecule has 0 bridgehead atoms. The second kappa shape index (κ2) is 4.94. The fourth-order valence-electron chi connectivity index (χ4n) is 2.44. The molecule has 0 saturated carbocycles. The lowest BCUT2D eigenvalue weighted by atomic mass is 10.0. The molecule has 0 unspecified atom stereocenters. The zero-order valence-corrected chi connectivity index (χ0v) is 11.0. The summed E-state index contributed by atoms with van der Waals surface area (Å²) in [6, 6.07) is 8.67. The average Bonchev–Trinajstić information content (AvgIpc) is 2.82. The summed E-state index contributed by atoms with van der Waals surface area (Å²) in [6.45, 7) is 2.12. The van der Waals surface area contributed by atoms with Gasteiger partial charge in [-0.25, -0.2) is 0 Å². The van der Waals surface area contributed by atoms with Gasteiger partial charge in [0.2, 0.25) is 5.13 Å². The van der Waals surface area contributed by atoms with Crippen LogP contribution in [0.15, 0.2) is 24.3 Å². The van der Waals surface area contributed by atoms with Crippen LogP contribution in [0.2, 0.25) is 0 Å². The first-order valence-corrected chi connectivity index (χ1v) is 7.05. The number of nitrogens with two attached hydrogens (primary N) is 1. The van der Waals surface area contributed by atoms with E-state index in [9.17, 15) is 0 Å². The fourth-order valence-corrected chi connectivity index (χ4v) is 3.04. The maximum atomic E-state index is 5.60. The van der Waals surface area contributed by atoms with Crippen LogP contribution >= 0.6 is 11.3 Å². The van der Waals surface area contributed by atoms with Gasteiger partial charge in [-0.15, -0.1) is 10.2 Å². The minimum atomic E-state index is 0.559. The molecule has 3 rings (SSSR count). The van der Waals surface area contributed by atoms with Crippen LogP contribution in [0.4, 0.5) is 10.8 Å². The molecule has 0 amide bonds. The lowest BCUT2D eigenvalue weighted by Crippen LogP contribution is -2.31. The Bertz CT molecular complexity index is 537. The Balaban J connectivity index is 1.71. The number of anilines is 2. The van der Waals surface area contributed by atoms with Gasteiger partial charge in [-0.2, -0.15) is 0 Å². The Hall–Kier alpha value is -1.62. The summed E-state index contributed by atoms with van der Waals surface area (Å²) >= 11 is 1.49. The molecule has 4 nitrogen and oxygen atoms in total. The van der Waals surface area contributed by atoms with Crippen LogP contribution in [0.25, 0.3) is 0 Å². The van der Waals surface area contributed by atoms with Crippen LogP contribution in [0, 0.1) is 0 Å². The van der Waals surface area contributed by atoms with Crippen molar-refractivity contribution in [3.05, 3.63) is 34.8 Å². The van der Waals surface area contributed by atoms with Gasteiger partial charge >= 0.3 is 0 Å². The molecule has 0 radical (unpaired) electrons. The van der Waals surface area contributed by atoms with E-state index in [1.807, 2.05) is 0 Å². The number of rotatable bonds is 3. The summed E-state index contributed by atoms with van der Waals surface area (Å²) in [4.78, 5) is 2.44. The zero-order valence-electron chi connectivity index (χ0n) is 10.2. The summed E-state index contributed by atoms with van der Waals surface area (Å²) in [5, 5.41) is 9.51. The Morgan fingerprint density at radius 1 is 1.28 bits per heavy atom. The molecule has 0 fully saturated rings. The van der Waals surface area contributed by atoms with Gasteiger partial charge in [0, 0.05) is 25.2 Å². The number of fused-ring (bicyclic) bond motifs is 1. The highest BCUT2D eigenvalue weighted by molar-refractivity contribution is 7.15. The molecule has 1 aliphatic heterocycles.